The van der Waals surface area contributed by atoms with Crippen molar-refractivity contribution in [2.45, 2.75) is 64.6 Å². The third-order valence-corrected chi connectivity index (χ3v) is 6.07. The summed E-state index contributed by atoms with van der Waals surface area (Å²) >= 11 is 0. The van der Waals surface area contributed by atoms with E-state index in [0.29, 0.717) is 24.0 Å². The van der Waals surface area contributed by atoms with E-state index < -0.39 is 0 Å². The van der Waals surface area contributed by atoms with Crippen molar-refractivity contribution in [2.24, 2.45) is 17.8 Å². The Morgan fingerprint density at radius 2 is 2.05 bits per heavy atom. The van der Waals surface area contributed by atoms with Crippen LogP contribution in [0.2, 0.25) is 0 Å². The van der Waals surface area contributed by atoms with Crippen molar-refractivity contribution in [3.05, 3.63) is 36.0 Å². The first-order valence-corrected chi connectivity index (χ1v) is 8.55. The number of ketones is 1. The molecule has 0 N–H and O–H groups in total. The highest BCUT2D eigenvalue weighted by Gasteiger charge is 2.61. The van der Waals surface area contributed by atoms with Crippen LogP contribution in [0.25, 0.3) is 0 Å². The monoisotopic (exact) mass is 300 g/mol. The number of ether oxygens (including phenoxy) is 1. The summed E-state index contributed by atoms with van der Waals surface area (Å²) in [7, 11) is 0. The molecule has 0 saturated carbocycles. The minimum Gasteiger partial charge on any atom is -0.355 e. The number of hydrogen-bond donors (Lipinski definition) is 0. The Balaban J connectivity index is 2.02. The second-order valence-corrected chi connectivity index (χ2v) is 7.78. The van der Waals surface area contributed by atoms with Gasteiger partial charge in [-0.25, -0.2) is 0 Å². The number of Topliss-reactive ketones (excluding diaryl/α,β-unsaturated/α-hetero) is 1. The predicted molar refractivity (Wildman–Crippen MR) is 89.6 cm³/mol. The molecule has 0 spiro atoms. The maximum atomic E-state index is 12.2. The molecule has 1 fully saturated rings. The number of hydrogen-bond acceptors (Lipinski definition) is 2. The Morgan fingerprint density at radius 1 is 1.32 bits per heavy atom. The van der Waals surface area contributed by atoms with Gasteiger partial charge < -0.3 is 4.74 Å². The van der Waals surface area contributed by atoms with E-state index in [1.165, 1.54) is 5.57 Å². The lowest BCUT2D eigenvalue weighted by molar-refractivity contribution is -0.122. The van der Waals surface area contributed by atoms with E-state index in [1.54, 1.807) is 0 Å². The molecule has 0 aromatic rings. The molecule has 3 aliphatic rings. The van der Waals surface area contributed by atoms with Gasteiger partial charge in [0.15, 0.2) is 0 Å². The molecule has 2 heteroatoms. The van der Waals surface area contributed by atoms with Crippen LogP contribution in [0.4, 0.5) is 0 Å². The third-order valence-electron chi connectivity index (χ3n) is 6.07. The molecule has 2 heterocycles. The highest BCUT2D eigenvalue weighted by molar-refractivity contribution is 5.80. The van der Waals surface area contributed by atoms with Gasteiger partial charge >= 0.3 is 0 Å². The standard InChI is InChI=1S/C20H28O2/c1-13(2)20-11-10-19(5,22-20)16-8-7-15(4)18(21)9-6-14(3)12-17(16)20/h10-12,15-17H,1,6-9H2,2-5H3/b14-12+/t15-,16+,17-,19+,20+/m1/s1. The summed E-state index contributed by atoms with van der Waals surface area (Å²) in [6, 6.07) is 0. The van der Waals surface area contributed by atoms with Gasteiger partial charge in [0, 0.05) is 24.2 Å². The summed E-state index contributed by atoms with van der Waals surface area (Å²) in [5.41, 5.74) is 1.84. The lowest BCUT2D eigenvalue weighted by Gasteiger charge is -2.35. The van der Waals surface area contributed by atoms with Gasteiger partial charge in [0.05, 0.1) is 5.60 Å². The van der Waals surface area contributed by atoms with E-state index in [1.807, 2.05) is 0 Å². The Labute approximate surface area is 134 Å². The number of carbonyl (C=O) groups is 1. The predicted octanol–water partition coefficient (Wildman–Crippen LogP) is 4.62. The Kier molecular flexibility index (Phi) is 3.71. The summed E-state index contributed by atoms with van der Waals surface area (Å²) in [4.78, 5) is 12.2. The molecular weight excluding hydrogens is 272 g/mol. The minimum absolute atomic E-state index is 0.166. The second-order valence-electron chi connectivity index (χ2n) is 7.78. The molecule has 2 nitrogen and oxygen atoms in total. The van der Waals surface area contributed by atoms with Gasteiger partial charge in [-0.3, -0.25) is 4.79 Å². The zero-order valence-electron chi connectivity index (χ0n) is 14.3. The number of carbonyl (C=O) groups excluding carboxylic acids is 1. The molecule has 22 heavy (non-hydrogen) atoms. The van der Waals surface area contributed by atoms with Gasteiger partial charge in [-0.15, -0.1) is 0 Å². The van der Waals surface area contributed by atoms with Crippen molar-refractivity contribution in [3.8, 4) is 0 Å². The van der Waals surface area contributed by atoms with Crippen molar-refractivity contribution < 1.29 is 9.53 Å². The van der Waals surface area contributed by atoms with Crippen molar-refractivity contribution in [2.75, 3.05) is 0 Å². The van der Waals surface area contributed by atoms with Crippen LogP contribution in [0.15, 0.2) is 36.0 Å². The second kappa shape index (κ2) is 5.19. The largest absolute Gasteiger partial charge is 0.355 e. The average Bonchev–Trinajstić information content (AvgIpc) is 2.93. The molecule has 2 bridgehead atoms. The fraction of sp³-hybridized carbons (Fsp3) is 0.650. The summed E-state index contributed by atoms with van der Waals surface area (Å²) in [6.07, 6.45) is 10.4. The number of allylic oxidation sites excluding steroid dienone is 1. The topological polar surface area (TPSA) is 26.3 Å². The fourth-order valence-corrected chi connectivity index (χ4v) is 4.52. The molecule has 0 unspecified atom stereocenters. The zero-order chi connectivity index (χ0) is 16.1. The Morgan fingerprint density at radius 3 is 2.73 bits per heavy atom. The third kappa shape index (κ3) is 2.23. The quantitative estimate of drug-likeness (QED) is 0.661. The zero-order valence-corrected chi connectivity index (χ0v) is 14.3. The molecule has 1 saturated heterocycles. The summed E-state index contributed by atoms with van der Waals surface area (Å²) in [6.45, 7) is 12.7. The molecule has 5 atom stereocenters. The van der Waals surface area contributed by atoms with E-state index >= 15 is 0 Å². The highest BCUT2D eigenvalue weighted by atomic mass is 16.5. The van der Waals surface area contributed by atoms with E-state index in [4.69, 9.17) is 4.74 Å². The highest BCUT2D eigenvalue weighted by Crippen LogP contribution is 2.58. The molecule has 120 valence electrons. The molecular formula is C20H28O2. The number of rotatable bonds is 1. The smallest absolute Gasteiger partial charge is 0.136 e. The molecule has 0 amide bonds. The van der Waals surface area contributed by atoms with Crippen LogP contribution in [0.1, 0.15) is 53.4 Å². The van der Waals surface area contributed by atoms with Crippen molar-refractivity contribution in [3.63, 3.8) is 0 Å². The van der Waals surface area contributed by atoms with E-state index in [9.17, 15) is 4.79 Å². The summed E-state index contributed by atoms with van der Waals surface area (Å²) in [5, 5.41) is 0. The van der Waals surface area contributed by atoms with Gasteiger partial charge in [-0.2, -0.15) is 0 Å². The normalized spacial score (nSPS) is 47.0. The lowest BCUT2D eigenvalue weighted by Crippen LogP contribution is -2.37. The summed E-state index contributed by atoms with van der Waals surface area (Å²) < 4.78 is 6.52. The van der Waals surface area contributed by atoms with Gasteiger partial charge in [-0.1, -0.05) is 31.2 Å². The molecule has 2 aliphatic heterocycles. The molecule has 0 aromatic heterocycles. The molecule has 1 aliphatic carbocycles. The maximum Gasteiger partial charge on any atom is 0.136 e. The van der Waals surface area contributed by atoms with E-state index in [2.05, 4.69) is 52.5 Å². The Bertz CT molecular complexity index is 570. The van der Waals surface area contributed by atoms with E-state index in [-0.39, 0.29) is 17.1 Å². The van der Waals surface area contributed by atoms with Crippen LogP contribution in [-0.2, 0) is 9.53 Å². The fourth-order valence-electron chi connectivity index (χ4n) is 4.52. The number of fused-ring (bicyclic) bond motifs is 5. The van der Waals surface area contributed by atoms with Crippen molar-refractivity contribution >= 4 is 5.78 Å². The van der Waals surface area contributed by atoms with Gasteiger partial charge in [-0.05, 0) is 51.7 Å². The molecule has 3 rings (SSSR count). The maximum absolute atomic E-state index is 12.2. The van der Waals surface area contributed by atoms with Crippen LogP contribution in [-0.4, -0.2) is 17.0 Å². The van der Waals surface area contributed by atoms with Crippen LogP contribution in [0.5, 0.6) is 0 Å². The first kappa shape index (κ1) is 15.7. The van der Waals surface area contributed by atoms with Gasteiger partial charge in [0.25, 0.3) is 0 Å². The van der Waals surface area contributed by atoms with Crippen LogP contribution in [0.3, 0.4) is 0 Å². The van der Waals surface area contributed by atoms with Crippen LogP contribution < -0.4 is 0 Å². The van der Waals surface area contributed by atoms with Gasteiger partial charge in [0.2, 0.25) is 0 Å². The first-order valence-electron chi connectivity index (χ1n) is 8.55. The molecule has 0 radical (unpaired) electrons. The van der Waals surface area contributed by atoms with Gasteiger partial charge in [0.1, 0.15) is 11.4 Å². The minimum atomic E-state index is -0.340. The SMILES string of the molecule is C=C(C)[C@]12C=C[C@](C)(O1)[C@H]1CC[C@@H](C)C(=O)CC/C(C)=C/[C@H]12. The van der Waals surface area contributed by atoms with Crippen molar-refractivity contribution in [1.29, 1.82) is 0 Å². The first-order chi connectivity index (χ1) is 10.3. The van der Waals surface area contributed by atoms with Crippen LogP contribution in [0, 0.1) is 17.8 Å². The average molecular weight is 300 g/mol. The van der Waals surface area contributed by atoms with Crippen LogP contribution >= 0.6 is 0 Å². The molecule has 0 aromatic carbocycles. The lowest BCUT2D eigenvalue weighted by atomic mass is 9.66. The Hall–Kier alpha value is -1.15. The van der Waals surface area contributed by atoms with E-state index in [0.717, 1.165) is 24.8 Å². The summed E-state index contributed by atoms with van der Waals surface area (Å²) in [5.74, 6) is 1.35. The van der Waals surface area contributed by atoms with Crippen molar-refractivity contribution in [1.82, 2.24) is 0 Å².